The predicted molar refractivity (Wildman–Crippen MR) is 368 cm³/mol. The summed E-state index contributed by atoms with van der Waals surface area (Å²) in [6, 6.07) is 0. The summed E-state index contributed by atoms with van der Waals surface area (Å²) in [4.78, 5) is 72.5. The molecule has 0 radical (unpaired) electrons. The molecule has 0 aromatic heterocycles. The molecule has 17 nitrogen and oxygen atoms in total. The van der Waals surface area contributed by atoms with Crippen molar-refractivity contribution in [3.05, 3.63) is 0 Å². The first-order valence-electron chi connectivity index (χ1n) is 37.5. The average molecular weight is 1340 g/mol. The van der Waals surface area contributed by atoms with Crippen LogP contribution in [-0.4, -0.2) is 96.7 Å². The monoisotopic (exact) mass is 1340 g/mol. The second-order valence-corrected chi connectivity index (χ2v) is 29.6. The molecule has 3 N–H and O–H groups in total. The van der Waals surface area contributed by atoms with E-state index in [1.165, 1.54) is 173 Å². The van der Waals surface area contributed by atoms with Gasteiger partial charge in [-0.05, 0) is 37.5 Å². The highest BCUT2D eigenvalue weighted by Gasteiger charge is 2.30. The third kappa shape index (κ3) is 65.1. The van der Waals surface area contributed by atoms with Crippen molar-refractivity contribution in [3.63, 3.8) is 0 Å². The molecule has 0 amide bonds. The first-order chi connectivity index (χ1) is 43.9. The Kier molecular flexibility index (Phi) is 62.7. The molecular weight excluding hydrogens is 1200 g/mol. The van der Waals surface area contributed by atoms with Gasteiger partial charge in [-0.15, -0.1) is 0 Å². The van der Waals surface area contributed by atoms with Crippen LogP contribution < -0.4 is 0 Å². The first kappa shape index (κ1) is 89.1. The third-order valence-electron chi connectivity index (χ3n) is 17.1. The van der Waals surface area contributed by atoms with Crippen LogP contribution in [-0.2, 0) is 65.4 Å². The van der Waals surface area contributed by atoms with Crippen LogP contribution in [0.15, 0.2) is 0 Å². The number of phosphoric acid groups is 2. The van der Waals surface area contributed by atoms with Gasteiger partial charge in [-0.3, -0.25) is 37.3 Å². The second kappa shape index (κ2) is 64.1. The lowest BCUT2D eigenvalue weighted by molar-refractivity contribution is -0.161. The SMILES string of the molecule is CCCCCCCCCCCCCCC(=O)O[C@H](COC(=O)CCCCCCCCC)COP(=O)(O)OC[C@H](O)COP(=O)(O)OC[C@@H](COC(=O)CCCCCCCCCCCCCC(C)C)OC(=O)CCCCCCCCCCCCCCCCC(C)CC. The van der Waals surface area contributed by atoms with Gasteiger partial charge < -0.3 is 33.8 Å². The zero-order valence-electron chi connectivity index (χ0n) is 59.1. The molecule has 19 heteroatoms. The van der Waals surface area contributed by atoms with Gasteiger partial charge in [0.25, 0.3) is 0 Å². The topological polar surface area (TPSA) is 237 Å². The van der Waals surface area contributed by atoms with Crippen molar-refractivity contribution in [1.82, 2.24) is 0 Å². The molecule has 3 unspecified atom stereocenters. The fourth-order valence-electron chi connectivity index (χ4n) is 10.9. The van der Waals surface area contributed by atoms with Gasteiger partial charge in [0.1, 0.15) is 19.3 Å². The zero-order valence-corrected chi connectivity index (χ0v) is 60.9. The van der Waals surface area contributed by atoms with Crippen LogP contribution in [0.25, 0.3) is 0 Å². The van der Waals surface area contributed by atoms with E-state index in [-0.39, 0.29) is 25.7 Å². The van der Waals surface area contributed by atoms with Gasteiger partial charge in [0.15, 0.2) is 12.2 Å². The zero-order chi connectivity index (χ0) is 67.2. The van der Waals surface area contributed by atoms with Gasteiger partial charge in [0, 0.05) is 25.7 Å². The Labute approximate surface area is 556 Å². The molecule has 0 bridgehead atoms. The largest absolute Gasteiger partial charge is 0.472 e. The minimum Gasteiger partial charge on any atom is -0.462 e. The number of carbonyl (C=O) groups is 4. The van der Waals surface area contributed by atoms with E-state index < -0.39 is 97.5 Å². The lowest BCUT2D eigenvalue weighted by atomic mass is 9.99. The van der Waals surface area contributed by atoms with Crippen LogP contribution in [0.4, 0.5) is 0 Å². The van der Waals surface area contributed by atoms with Crippen LogP contribution >= 0.6 is 15.6 Å². The van der Waals surface area contributed by atoms with Crippen molar-refractivity contribution >= 4 is 39.5 Å². The molecule has 0 aliphatic carbocycles. The van der Waals surface area contributed by atoms with Gasteiger partial charge in [-0.1, -0.05) is 318 Å². The first-order valence-corrected chi connectivity index (χ1v) is 40.5. The van der Waals surface area contributed by atoms with E-state index in [1.54, 1.807) is 0 Å². The molecule has 0 aliphatic heterocycles. The van der Waals surface area contributed by atoms with Crippen molar-refractivity contribution < 1.29 is 80.2 Å². The Bertz CT molecular complexity index is 1770. The molecular formula is C72H140O17P2. The fraction of sp³-hybridized carbons (Fsp3) is 0.944. The van der Waals surface area contributed by atoms with E-state index in [9.17, 15) is 43.2 Å². The number of rotatable bonds is 71. The number of aliphatic hydroxyl groups is 1. The molecule has 0 aromatic carbocycles. The summed E-state index contributed by atoms with van der Waals surface area (Å²) in [5, 5.41) is 10.6. The van der Waals surface area contributed by atoms with Gasteiger partial charge in [0.05, 0.1) is 26.4 Å². The molecule has 0 saturated carbocycles. The number of ether oxygens (including phenoxy) is 4. The quantitative estimate of drug-likeness (QED) is 0.0222. The standard InChI is InChI=1S/C72H140O17P2/c1-7-10-12-14-16-17-18-26-32-38-44-50-56-71(76)88-67(60-82-69(74)54-48-42-34-15-13-11-8-2)62-86-90(78,79)84-58-66(73)59-85-91(80,81)87-63-68(61-83-70(75)55-49-43-37-31-28-23-24-29-35-40-46-52-64(4)5)89-72(77)57-51-45-39-33-27-22-20-19-21-25-30-36-41-47-53-65(6)9-3/h64-68,73H,7-63H2,1-6H3,(H,78,79)(H,80,81)/t65?,66-,67+,68+/m0/s1. The Hall–Kier alpha value is -1.94. The van der Waals surface area contributed by atoms with Crippen molar-refractivity contribution in [3.8, 4) is 0 Å². The van der Waals surface area contributed by atoms with Crippen LogP contribution in [0.1, 0.15) is 369 Å². The number of hydrogen-bond acceptors (Lipinski definition) is 15. The Morgan fingerprint density at radius 2 is 0.560 bits per heavy atom. The summed E-state index contributed by atoms with van der Waals surface area (Å²) in [6.07, 6.45) is 49.9. The highest BCUT2D eigenvalue weighted by molar-refractivity contribution is 7.47. The molecule has 540 valence electrons. The average Bonchev–Trinajstić information content (AvgIpc) is 2.54. The molecule has 0 spiro atoms. The van der Waals surface area contributed by atoms with Gasteiger partial charge >= 0.3 is 39.5 Å². The second-order valence-electron chi connectivity index (χ2n) is 26.7. The van der Waals surface area contributed by atoms with Crippen LogP contribution in [0, 0.1) is 11.8 Å². The number of carbonyl (C=O) groups excluding carboxylic acids is 4. The summed E-state index contributed by atoms with van der Waals surface area (Å²) in [5.74, 6) is -0.507. The summed E-state index contributed by atoms with van der Waals surface area (Å²) < 4.78 is 68.3. The van der Waals surface area contributed by atoms with Crippen LogP contribution in [0.2, 0.25) is 0 Å². The van der Waals surface area contributed by atoms with Crippen molar-refractivity contribution in [2.75, 3.05) is 39.6 Å². The molecule has 0 saturated heterocycles. The highest BCUT2D eigenvalue weighted by Crippen LogP contribution is 2.45. The van der Waals surface area contributed by atoms with Crippen LogP contribution in [0.3, 0.4) is 0 Å². The van der Waals surface area contributed by atoms with E-state index in [0.717, 1.165) is 115 Å². The minimum absolute atomic E-state index is 0.107. The summed E-state index contributed by atoms with van der Waals surface area (Å²) in [5.41, 5.74) is 0. The summed E-state index contributed by atoms with van der Waals surface area (Å²) >= 11 is 0. The molecule has 91 heavy (non-hydrogen) atoms. The Morgan fingerprint density at radius 3 is 0.835 bits per heavy atom. The maximum atomic E-state index is 13.0. The van der Waals surface area contributed by atoms with E-state index in [4.69, 9.17) is 37.0 Å². The fourth-order valence-corrected chi connectivity index (χ4v) is 12.5. The number of aliphatic hydroxyl groups excluding tert-OH is 1. The number of phosphoric ester groups is 2. The van der Waals surface area contributed by atoms with E-state index in [1.807, 2.05) is 0 Å². The number of hydrogen-bond donors (Lipinski definition) is 3. The maximum Gasteiger partial charge on any atom is 0.472 e. The van der Waals surface area contributed by atoms with Crippen molar-refractivity contribution in [2.24, 2.45) is 11.8 Å². The van der Waals surface area contributed by atoms with E-state index in [2.05, 4.69) is 41.5 Å². The predicted octanol–water partition coefficient (Wildman–Crippen LogP) is 20.8. The van der Waals surface area contributed by atoms with E-state index >= 15 is 0 Å². The van der Waals surface area contributed by atoms with Crippen LogP contribution in [0.5, 0.6) is 0 Å². The molecule has 6 atom stereocenters. The van der Waals surface area contributed by atoms with Crippen molar-refractivity contribution in [1.29, 1.82) is 0 Å². The van der Waals surface area contributed by atoms with Crippen molar-refractivity contribution in [2.45, 2.75) is 387 Å². The van der Waals surface area contributed by atoms with Gasteiger partial charge in [-0.2, -0.15) is 0 Å². The lowest BCUT2D eigenvalue weighted by Crippen LogP contribution is -2.30. The third-order valence-corrected chi connectivity index (χ3v) is 19.0. The highest BCUT2D eigenvalue weighted by atomic mass is 31.2. The summed E-state index contributed by atoms with van der Waals surface area (Å²) in [6.45, 7) is 9.58. The molecule has 0 rings (SSSR count). The van der Waals surface area contributed by atoms with Gasteiger partial charge in [-0.25, -0.2) is 9.13 Å². The summed E-state index contributed by atoms with van der Waals surface area (Å²) in [7, 11) is -9.90. The Morgan fingerprint density at radius 1 is 0.319 bits per heavy atom. The smallest absolute Gasteiger partial charge is 0.462 e. The molecule has 0 aliphatic rings. The van der Waals surface area contributed by atoms with E-state index in [0.29, 0.717) is 25.7 Å². The van der Waals surface area contributed by atoms with Gasteiger partial charge in [0.2, 0.25) is 0 Å². The normalized spacial score (nSPS) is 14.4. The number of unbranched alkanes of at least 4 members (excludes halogenated alkanes) is 40. The molecule has 0 fully saturated rings. The minimum atomic E-state index is -4.95. The number of esters is 4. The molecule has 0 aromatic rings. The molecule has 0 heterocycles. The lowest BCUT2D eigenvalue weighted by Gasteiger charge is -2.21. The maximum absolute atomic E-state index is 13.0. The Balaban J connectivity index is 5.20.